The zero-order chi connectivity index (χ0) is 18.0. The number of aliphatic hydroxyl groups excluding tert-OH is 1. The number of methoxy groups -OCH3 is 2. The highest BCUT2D eigenvalue weighted by Gasteiger charge is 2.16. The fourth-order valence-electron chi connectivity index (χ4n) is 2.77. The highest BCUT2D eigenvalue weighted by Crippen LogP contribution is 2.25. The number of pyridine rings is 1. The van der Waals surface area contributed by atoms with Crippen molar-refractivity contribution in [3.63, 3.8) is 0 Å². The van der Waals surface area contributed by atoms with Crippen LogP contribution in [-0.4, -0.2) is 57.4 Å². The highest BCUT2D eigenvalue weighted by molar-refractivity contribution is 5.97. The van der Waals surface area contributed by atoms with E-state index in [0.717, 1.165) is 16.8 Å². The number of fused-ring (bicyclic) bond motifs is 1. The molecule has 0 aliphatic rings. The minimum absolute atomic E-state index is 0.249. The van der Waals surface area contributed by atoms with Crippen LogP contribution in [0.15, 0.2) is 30.7 Å². The van der Waals surface area contributed by atoms with Crippen LogP contribution in [0.1, 0.15) is 16.1 Å². The van der Waals surface area contributed by atoms with Gasteiger partial charge in [0.05, 0.1) is 44.3 Å². The Morgan fingerprint density at radius 2 is 2.12 bits per heavy atom. The summed E-state index contributed by atoms with van der Waals surface area (Å²) in [6.45, 7) is 2.53. The van der Waals surface area contributed by atoms with Crippen molar-refractivity contribution >= 4 is 11.5 Å². The molecule has 1 atom stereocenters. The van der Waals surface area contributed by atoms with Crippen LogP contribution in [0.5, 0.6) is 0 Å². The summed E-state index contributed by atoms with van der Waals surface area (Å²) in [5, 5.41) is 18.4. The van der Waals surface area contributed by atoms with Gasteiger partial charge < -0.3 is 14.6 Å². The lowest BCUT2D eigenvalue weighted by atomic mass is 10.1. The number of aromatic nitrogens is 4. The number of rotatable bonds is 6. The Balaban J connectivity index is 1.97. The van der Waals surface area contributed by atoms with Gasteiger partial charge in [0.2, 0.25) is 0 Å². The molecule has 0 radical (unpaired) electrons. The number of ether oxygens (including phenoxy) is 2. The predicted octanol–water partition coefficient (Wildman–Crippen LogP) is 1.30. The molecule has 0 saturated carbocycles. The van der Waals surface area contributed by atoms with E-state index in [1.54, 1.807) is 28.7 Å². The van der Waals surface area contributed by atoms with Crippen molar-refractivity contribution in [1.29, 1.82) is 0 Å². The van der Waals surface area contributed by atoms with E-state index in [-0.39, 0.29) is 6.61 Å². The largest absolute Gasteiger partial charge is 0.465 e. The zero-order valence-electron chi connectivity index (χ0n) is 14.3. The first-order chi connectivity index (χ1) is 12.0. The van der Waals surface area contributed by atoms with Gasteiger partial charge in [-0.25, -0.2) is 9.31 Å². The molecule has 3 aromatic heterocycles. The van der Waals surface area contributed by atoms with Crippen LogP contribution < -0.4 is 0 Å². The van der Waals surface area contributed by atoms with Crippen molar-refractivity contribution in [2.45, 2.75) is 19.6 Å². The number of esters is 1. The fraction of sp³-hybridized carbons (Fsp3) is 0.353. The van der Waals surface area contributed by atoms with Crippen molar-refractivity contribution < 1.29 is 19.4 Å². The summed E-state index contributed by atoms with van der Waals surface area (Å²) < 4.78 is 13.1. The van der Waals surface area contributed by atoms with E-state index in [9.17, 15) is 9.90 Å². The van der Waals surface area contributed by atoms with E-state index in [1.165, 1.54) is 13.3 Å². The number of aliphatic hydroxyl groups is 1. The molecule has 132 valence electrons. The SMILES string of the molecule is COC[C@H](O)Cn1ncc(-c2ccn3ncc(C(=O)OC)c3c2)c1C. The van der Waals surface area contributed by atoms with Gasteiger partial charge in [-0.1, -0.05) is 0 Å². The molecule has 0 unspecified atom stereocenters. The lowest BCUT2D eigenvalue weighted by Crippen LogP contribution is -2.22. The van der Waals surface area contributed by atoms with Gasteiger partial charge in [0, 0.05) is 24.6 Å². The molecule has 0 spiro atoms. The van der Waals surface area contributed by atoms with Gasteiger partial charge in [0.1, 0.15) is 5.56 Å². The maximum absolute atomic E-state index is 11.9. The average molecular weight is 344 g/mol. The molecular formula is C17H20N4O4. The van der Waals surface area contributed by atoms with Gasteiger partial charge in [0.25, 0.3) is 0 Å². The first-order valence-corrected chi connectivity index (χ1v) is 7.80. The van der Waals surface area contributed by atoms with E-state index in [0.29, 0.717) is 17.6 Å². The topological polar surface area (TPSA) is 90.9 Å². The molecule has 8 heteroatoms. The van der Waals surface area contributed by atoms with Gasteiger partial charge in [-0.05, 0) is 24.6 Å². The Bertz CT molecular complexity index is 899. The molecule has 0 aliphatic carbocycles. The number of hydrogen-bond donors (Lipinski definition) is 1. The first kappa shape index (κ1) is 17.1. The lowest BCUT2D eigenvalue weighted by molar-refractivity contribution is 0.0510. The smallest absolute Gasteiger partial charge is 0.341 e. The monoisotopic (exact) mass is 344 g/mol. The lowest BCUT2D eigenvalue weighted by Gasteiger charge is -2.11. The molecular weight excluding hydrogens is 324 g/mol. The van der Waals surface area contributed by atoms with E-state index >= 15 is 0 Å². The third-order valence-electron chi connectivity index (χ3n) is 4.08. The maximum Gasteiger partial charge on any atom is 0.341 e. The molecule has 0 bridgehead atoms. The van der Waals surface area contributed by atoms with Crippen LogP contribution in [0.3, 0.4) is 0 Å². The molecule has 3 aromatic rings. The van der Waals surface area contributed by atoms with Crippen molar-refractivity contribution in [1.82, 2.24) is 19.4 Å². The minimum atomic E-state index is -0.625. The molecule has 25 heavy (non-hydrogen) atoms. The third-order valence-corrected chi connectivity index (χ3v) is 4.08. The molecule has 8 nitrogen and oxygen atoms in total. The minimum Gasteiger partial charge on any atom is -0.465 e. The molecule has 0 aliphatic heterocycles. The Kier molecular flexibility index (Phi) is 4.82. The summed E-state index contributed by atoms with van der Waals surface area (Å²) in [6, 6.07) is 3.78. The third kappa shape index (κ3) is 3.26. The number of carbonyl (C=O) groups excluding carboxylic acids is 1. The van der Waals surface area contributed by atoms with Crippen LogP contribution in [0, 0.1) is 6.92 Å². The fourth-order valence-corrected chi connectivity index (χ4v) is 2.77. The second kappa shape index (κ2) is 7.04. The summed E-state index contributed by atoms with van der Waals surface area (Å²) in [7, 11) is 2.89. The van der Waals surface area contributed by atoms with Crippen LogP contribution in [0.4, 0.5) is 0 Å². The molecule has 0 amide bonds. The molecule has 1 N–H and O–H groups in total. The first-order valence-electron chi connectivity index (χ1n) is 7.80. The van der Waals surface area contributed by atoms with Crippen LogP contribution in [0.2, 0.25) is 0 Å². The summed E-state index contributed by atoms with van der Waals surface area (Å²) in [5.74, 6) is -0.428. The average Bonchev–Trinajstić information content (AvgIpc) is 3.18. The molecule has 0 saturated heterocycles. The summed E-state index contributed by atoms with van der Waals surface area (Å²) >= 11 is 0. The molecule has 0 fully saturated rings. The molecule has 3 rings (SSSR count). The van der Waals surface area contributed by atoms with Crippen molar-refractivity contribution in [3.8, 4) is 11.1 Å². The second-order valence-corrected chi connectivity index (χ2v) is 5.73. The van der Waals surface area contributed by atoms with Crippen LogP contribution in [-0.2, 0) is 16.0 Å². The number of hydrogen-bond acceptors (Lipinski definition) is 6. The number of nitrogens with zero attached hydrogens (tertiary/aromatic N) is 4. The predicted molar refractivity (Wildman–Crippen MR) is 90.4 cm³/mol. The summed E-state index contributed by atoms with van der Waals surface area (Å²) in [4.78, 5) is 11.9. The van der Waals surface area contributed by atoms with Gasteiger partial charge >= 0.3 is 5.97 Å². The van der Waals surface area contributed by atoms with Crippen LogP contribution in [0.25, 0.3) is 16.6 Å². The molecule has 3 heterocycles. The highest BCUT2D eigenvalue weighted by atomic mass is 16.5. The number of carbonyl (C=O) groups is 1. The van der Waals surface area contributed by atoms with Gasteiger partial charge in [-0.15, -0.1) is 0 Å². The molecule has 0 aromatic carbocycles. The maximum atomic E-state index is 11.9. The van der Waals surface area contributed by atoms with Crippen molar-refractivity contribution in [3.05, 3.63) is 42.0 Å². The summed E-state index contributed by atoms with van der Waals surface area (Å²) in [6.07, 6.45) is 4.39. The van der Waals surface area contributed by atoms with Gasteiger partial charge in [-0.3, -0.25) is 4.68 Å². The normalized spacial score (nSPS) is 12.5. The Morgan fingerprint density at radius 1 is 1.32 bits per heavy atom. The Morgan fingerprint density at radius 3 is 2.84 bits per heavy atom. The van der Waals surface area contributed by atoms with E-state index in [2.05, 4.69) is 10.2 Å². The van der Waals surface area contributed by atoms with E-state index < -0.39 is 12.1 Å². The van der Waals surface area contributed by atoms with Gasteiger partial charge in [-0.2, -0.15) is 10.2 Å². The van der Waals surface area contributed by atoms with Crippen molar-refractivity contribution in [2.75, 3.05) is 20.8 Å². The summed E-state index contributed by atoms with van der Waals surface area (Å²) in [5.41, 5.74) is 3.81. The second-order valence-electron chi connectivity index (χ2n) is 5.73. The van der Waals surface area contributed by atoms with Crippen molar-refractivity contribution in [2.24, 2.45) is 0 Å². The Hall–Kier alpha value is -2.71. The Labute approximate surface area is 144 Å². The van der Waals surface area contributed by atoms with Crippen LogP contribution >= 0.6 is 0 Å². The standard InChI is InChI=1S/C17H20N4O4/c1-11-14(7-19-21(11)9-13(22)10-24-2)12-4-5-20-16(6-12)15(8-18-20)17(23)25-3/h4-8,13,22H,9-10H2,1-3H3/t13-/m1/s1. The van der Waals surface area contributed by atoms with E-state index in [1.807, 2.05) is 19.1 Å². The van der Waals surface area contributed by atoms with Gasteiger partial charge in [0.15, 0.2) is 0 Å². The van der Waals surface area contributed by atoms with E-state index in [4.69, 9.17) is 9.47 Å². The zero-order valence-corrected chi connectivity index (χ0v) is 14.3. The quantitative estimate of drug-likeness (QED) is 0.678.